The topological polar surface area (TPSA) is 70.3 Å². The van der Waals surface area contributed by atoms with Crippen molar-refractivity contribution in [1.82, 2.24) is 14.1 Å². The molecule has 0 saturated carbocycles. The lowest BCUT2D eigenvalue weighted by Crippen LogP contribution is -2.00. The molecule has 0 N–H and O–H groups in total. The van der Waals surface area contributed by atoms with Gasteiger partial charge in [0.05, 0.1) is 51.5 Å². The summed E-state index contributed by atoms with van der Waals surface area (Å²) in [6, 6.07) is 52.4. The zero-order valence-corrected chi connectivity index (χ0v) is 25.7. The highest BCUT2D eigenvalue weighted by atomic mass is 15.0. The molecule has 0 spiro atoms. The van der Waals surface area contributed by atoms with Gasteiger partial charge in [-0.15, -0.1) is 0 Å². The fourth-order valence-corrected chi connectivity index (χ4v) is 7.14. The second kappa shape index (κ2) is 10.8. The van der Waals surface area contributed by atoms with Crippen LogP contribution in [0.4, 0.5) is 0 Å². The van der Waals surface area contributed by atoms with Crippen LogP contribution in [0.3, 0.4) is 0 Å². The van der Waals surface area contributed by atoms with Crippen LogP contribution in [-0.2, 0) is 0 Å². The van der Waals surface area contributed by atoms with Crippen LogP contribution in [0.1, 0.15) is 11.1 Å². The third-order valence-electron chi connectivity index (χ3n) is 9.26. The summed E-state index contributed by atoms with van der Waals surface area (Å²) in [5.74, 6) is 0. The molecule has 0 aliphatic carbocycles. The van der Waals surface area contributed by atoms with Crippen LogP contribution in [0.5, 0.6) is 0 Å². The zero-order chi connectivity index (χ0) is 32.2. The maximum Gasteiger partial charge on any atom is 0.0991 e. The summed E-state index contributed by atoms with van der Waals surface area (Å²) in [6.45, 7) is 0. The lowest BCUT2D eigenvalue weighted by molar-refractivity contribution is 1.13. The standard InChI is InChI=1S/C43H25N5/c44-25-28-13-16-30(17-14-28)34-7-1-2-8-35(34)31-22-32(47-41-12-6-4-10-37(41)39-21-29(26-45)15-18-42(39)47)24-33(23-31)48-40-11-5-3-9-36(40)38-19-20-46-27-43(38)48/h1-24,27H. The molecule has 0 aliphatic rings. The van der Waals surface area contributed by atoms with Crippen LogP contribution in [0.15, 0.2) is 152 Å². The second-order valence-corrected chi connectivity index (χ2v) is 11.9. The Balaban J connectivity index is 1.39. The number of fused-ring (bicyclic) bond motifs is 6. The number of hydrogen-bond donors (Lipinski definition) is 0. The Bertz CT molecular complexity index is 2750. The molecule has 9 rings (SSSR count). The van der Waals surface area contributed by atoms with E-state index in [4.69, 9.17) is 0 Å². The fourth-order valence-electron chi connectivity index (χ4n) is 7.14. The molecular formula is C43H25N5. The van der Waals surface area contributed by atoms with E-state index in [2.05, 4.69) is 123 Å². The Hall–Kier alpha value is -6.95. The normalized spacial score (nSPS) is 11.3. The van der Waals surface area contributed by atoms with Gasteiger partial charge in [0.15, 0.2) is 0 Å². The van der Waals surface area contributed by atoms with Gasteiger partial charge in [-0.25, -0.2) is 0 Å². The van der Waals surface area contributed by atoms with Gasteiger partial charge in [0.1, 0.15) is 0 Å². The highest BCUT2D eigenvalue weighted by Gasteiger charge is 2.18. The van der Waals surface area contributed by atoms with E-state index in [0.29, 0.717) is 11.1 Å². The number of nitriles is 2. The van der Waals surface area contributed by atoms with Crippen molar-refractivity contribution >= 4 is 43.6 Å². The Labute approximate surface area is 276 Å². The third kappa shape index (κ3) is 4.20. The molecule has 0 fully saturated rings. The summed E-state index contributed by atoms with van der Waals surface area (Å²) in [4.78, 5) is 4.54. The molecule has 0 aliphatic heterocycles. The van der Waals surface area contributed by atoms with Crippen LogP contribution in [0.2, 0.25) is 0 Å². The lowest BCUT2D eigenvalue weighted by atomic mass is 9.93. The molecule has 0 amide bonds. The van der Waals surface area contributed by atoms with Gasteiger partial charge in [0, 0.05) is 39.1 Å². The van der Waals surface area contributed by atoms with Gasteiger partial charge in [0.25, 0.3) is 0 Å². The van der Waals surface area contributed by atoms with Gasteiger partial charge < -0.3 is 9.13 Å². The van der Waals surface area contributed by atoms with Crippen LogP contribution in [0, 0.1) is 22.7 Å². The van der Waals surface area contributed by atoms with Gasteiger partial charge in [-0.05, 0) is 89.0 Å². The maximum atomic E-state index is 9.74. The molecule has 3 heterocycles. The molecule has 0 atom stereocenters. The molecule has 3 aromatic heterocycles. The first kappa shape index (κ1) is 27.4. The van der Waals surface area contributed by atoms with Crippen molar-refractivity contribution in [1.29, 1.82) is 10.5 Å². The van der Waals surface area contributed by atoms with Crippen molar-refractivity contribution < 1.29 is 0 Å². The van der Waals surface area contributed by atoms with E-state index in [9.17, 15) is 10.5 Å². The summed E-state index contributed by atoms with van der Waals surface area (Å²) >= 11 is 0. The van der Waals surface area contributed by atoms with Gasteiger partial charge in [-0.3, -0.25) is 4.98 Å². The average molecular weight is 612 g/mol. The smallest absolute Gasteiger partial charge is 0.0991 e. The third-order valence-corrected chi connectivity index (χ3v) is 9.26. The molecule has 9 aromatic rings. The van der Waals surface area contributed by atoms with Crippen LogP contribution < -0.4 is 0 Å². The Kier molecular flexibility index (Phi) is 6.18. The van der Waals surface area contributed by atoms with E-state index in [-0.39, 0.29) is 0 Å². The minimum atomic E-state index is 0.631. The number of pyridine rings is 1. The van der Waals surface area contributed by atoms with Gasteiger partial charge in [-0.2, -0.15) is 10.5 Å². The Morgan fingerprint density at radius 3 is 1.67 bits per heavy atom. The monoisotopic (exact) mass is 611 g/mol. The molecule has 6 aromatic carbocycles. The molecule has 0 radical (unpaired) electrons. The molecule has 0 bridgehead atoms. The molecule has 222 valence electrons. The minimum Gasteiger partial charge on any atom is -0.309 e. The van der Waals surface area contributed by atoms with Gasteiger partial charge in [-0.1, -0.05) is 72.8 Å². The van der Waals surface area contributed by atoms with Crippen LogP contribution >= 0.6 is 0 Å². The van der Waals surface area contributed by atoms with Gasteiger partial charge >= 0.3 is 0 Å². The second-order valence-electron chi connectivity index (χ2n) is 11.9. The predicted molar refractivity (Wildman–Crippen MR) is 193 cm³/mol. The number of aromatic nitrogens is 3. The van der Waals surface area contributed by atoms with Crippen LogP contribution in [0.25, 0.3) is 77.2 Å². The SMILES string of the molecule is N#Cc1ccc(-c2ccccc2-c2cc(-n3c4ccccc4c4cc(C#N)ccc43)cc(-n3c4ccccc4c4ccncc43)c2)cc1. The van der Waals surface area contributed by atoms with E-state index in [1.165, 1.54) is 5.39 Å². The van der Waals surface area contributed by atoms with Crippen molar-refractivity contribution in [2.75, 3.05) is 0 Å². The highest BCUT2D eigenvalue weighted by Crippen LogP contribution is 2.40. The molecule has 48 heavy (non-hydrogen) atoms. The first-order valence-corrected chi connectivity index (χ1v) is 15.7. The molecule has 5 heteroatoms. The summed E-state index contributed by atoms with van der Waals surface area (Å²) in [5.41, 5.74) is 11.8. The summed E-state index contributed by atoms with van der Waals surface area (Å²) in [7, 11) is 0. The Morgan fingerprint density at radius 2 is 0.979 bits per heavy atom. The molecular weight excluding hydrogens is 587 g/mol. The quantitative estimate of drug-likeness (QED) is 0.199. The zero-order valence-electron chi connectivity index (χ0n) is 25.7. The number of nitrogens with zero attached hydrogens (tertiary/aromatic N) is 5. The van der Waals surface area contributed by atoms with Crippen LogP contribution in [-0.4, -0.2) is 14.1 Å². The van der Waals surface area contributed by atoms with E-state index < -0.39 is 0 Å². The van der Waals surface area contributed by atoms with E-state index in [1.807, 2.05) is 54.9 Å². The molecule has 0 unspecified atom stereocenters. The number of para-hydroxylation sites is 2. The van der Waals surface area contributed by atoms with Crippen molar-refractivity contribution in [2.45, 2.75) is 0 Å². The fraction of sp³-hybridized carbons (Fsp3) is 0. The highest BCUT2D eigenvalue weighted by molar-refractivity contribution is 6.11. The summed E-state index contributed by atoms with van der Waals surface area (Å²) < 4.78 is 4.60. The van der Waals surface area contributed by atoms with Crippen molar-refractivity contribution in [3.63, 3.8) is 0 Å². The van der Waals surface area contributed by atoms with Crippen molar-refractivity contribution in [3.05, 3.63) is 163 Å². The first-order valence-electron chi connectivity index (χ1n) is 15.7. The number of benzene rings is 6. The lowest BCUT2D eigenvalue weighted by Gasteiger charge is -2.17. The average Bonchev–Trinajstić information content (AvgIpc) is 3.67. The summed E-state index contributed by atoms with van der Waals surface area (Å²) in [6.07, 6.45) is 3.79. The van der Waals surface area contributed by atoms with Crippen molar-refractivity contribution in [3.8, 4) is 45.8 Å². The van der Waals surface area contributed by atoms with E-state index >= 15 is 0 Å². The molecule has 5 nitrogen and oxygen atoms in total. The number of hydrogen-bond acceptors (Lipinski definition) is 3. The largest absolute Gasteiger partial charge is 0.309 e. The summed E-state index contributed by atoms with van der Waals surface area (Å²) in [5, 5.41) is 23.6. The first-order chi connectivity index (χ1) is 23.7. The molecule has 0 saturated heterocycles. The number of rotatable bonds is 4. The Morgan fingerprint density at radius 1 is 0.438 bits per heavy atom. The van der Waals surface area contributed by atoms with Crippen molar-refractivity contribution in [2.24, 2.45) is 0 Å². The van der Waals surface area contributed by atoms with E-state index in [0.717, 1.165) is 71.9 Å². The minimum absolute atomic E-state index is 0.631. The van der Waals surface area contributed by atoms with E-state index in [1.54, 1.807) is 0 Å². The maximum absolute atomic E-state index is 9.74. The predicted octanol–water partition coefficient (Wildman–Crippen LogP) is 10.4. The van der Waals surface area contributed by atoms with Gasteiger partial charge in [0.2, 0.25) is 0 Å².